The van der Waals surface area contributed by atoms with Crippen molar-refractivity contribution in [3.63, 3.8) is 0 Å². The van der Waals surface area contributed by atoms with E-state index in [0.29, 0.717) is 18.2 Å². The summed E-state index contributed by atoms with van der Waals surface area (Å²) < 4.78 is 1.82. The number of likely N-dealkylation sites (tertiary alicyclic amines) is 1. The van der Waals surface area contributed by atoms with Crippen LogP contribution in [0.3, 0.4) is 0 Å². The predicted molar refractivity (Wildman–Crippen MR) is 97.5 cm³/mol. The molecule has 1 aliphatic heterocycles. The van der Waals surface area contributed by atoms with Gasteiger partial charge in [-0.15, -0.1) is 0 Å². The monoisotopic (exact) mass is 338 g/mol. The molecule has 0 bridgehead atoms. The number of aryl methyl sites for hydroxylation is 1. The summed E-state index contributed by atoms with van der Waals surface area (Å²) in [5, 5.41) is 7.77. The first-order valence-corrected chi connectivity index (χ1v) is 9.23. The Kier molecular flexibility index (Phi) is 4.34. The summed E-state index contributed by atoms with van der Waals surface area (Å²) in [6.07, 6.45) is 2.63. The molecule has 0 radical (unpaired) electrons. The van der Waals surface area contributed by atoms with Crippen LogP contribution in [-0.2, 0) is 6.54 Å². The van der Waals surface area contributed by atoms with Crippen LogP contribution in [0.4, 0.5) is 0 Å². The number of amides is 1. The van der Waals surface area contributed by atoms with E-state index in [0.717, 1.165) is 30.4 Å². The van der Waals surface area contributed by atoms with Crippen LogP contribution < -0.4 is 5.32 Å². The molecule has 1 aromatic heterocycles. The summed E-state index contributed by atoms with van der Waals surface area (Å²) >= 11 is 0. The maximum Gasteiger partial charge on any atom is 0.269 e. The number of aromatic nitrogens is 2. The molecule has 0 unspecified atom stereocenters. The van der Waals surface area contributed by atoms with Crippen molar-refractivity contribution >= 4 is 5.91 Å². The zero-order valence-electron chi connectivity index (χ0n) is 15.0. The number of hydrogen-bond acceptors (Lipinski definition) is 3. The van der Waals surface area contributed by atoms with Gasteiger partial charge in [0.2, 0.25) is 0 Å². The minimum atomic E-state index is -0.00831. The minimum Gasteiger partial charge on any atom is -0.346 e. The van der Waals surface area contributed by atoms with Crippen molar-refractivity contribution in [2.45, 2.75) is 45.3 Å². The molecule has 2 aromatic rings. The van der Waals surface area contributed by atoms with Gasteiger partial charge < -0.3 is 5.32 Å². The Labute approximate surface area is 149 Å². The van der Waals surface area contributed by atoms with E-state index in [1.165, 1.54) is 12.8 Å². The number of hydrogen-bond donors (Lipinski definition) is 1. The maximum absolute atomic E-state index is 12.9. The molecular weight excluding hydrogens is 312 g/mol. The van der Waals surface area contributed by atoms with Gasteiger partial charge in [-0.3, -0.25) is 14.4 Å². The third kappa shape index (κ3) is 3.61. The number of carbonyl (C=O) groups excluding carboxylic acids is 1. The summed E-state index contributed by atoms with van der Waals surface area (Å²) in [5.74, 6) is 0.488. The second-order valence-corrected chi connectivity index (χ2v) is 7.56. The zero-order valence-corrected chi connectivity index (χ0v) is 15.0. The maximum atomic E-state index is 12.9. The summed E-state index contributed by atoms with van der Waals surface area (Å²) in [5.41, 5.74) is 2.67. The Hall–Kier alpha value is -2.14. The van der Waals surface area contributed by atoms with Crippen molar-refractivity contribution in [2.75, 3.05) is 13.1 Å². The number of nitrogens with one attached hydrogen (secondary N) is 1. The highest BCUT2D eigenvalue weighted by atomic mass is 16.2. The van der Waals surface area contributed by atoms with Crippen molar-refractivity contribution < 1.29 is 4.79 Å². The molecule has 1 saturated heterocycles. The van der Waals surface area contributed by atoms with E-state index in [2.05, 4.69) is 34.4 Å². The first-order valence-electron chi connectivity index (χ1n) is 9.23. The van der Waals surface area contributed by atoms with E-state index in [-0.39, 0.29) is 11.9 Å². The molecule has 25 heavy (non-hydrogen) atoms. The van der Waals surface area contributed by atoms with Gasteiger partial charge in [0.25, 0.3) is 5.91 Å². The van der Waals surface area contributed by atoms with Crippen LogP contribution in [0.25, 0.3) is 0 Å². The van der Waals surface area contributed by atoms with Gasteiger partial charge in [-0.1, -0.05) is 37.3 Å². The Morgan fingerprint density at radius 2 is 2.00 bits per heavy atom. The largest absolute Gasteiger partial charge is 0.346 e. The van der Waals surface area contributed by atoms with Crippen molar-refractivity contribution in [3.8, 4) is 0 Å². The fourth-order valence-electron chi connectivity index (χ4n) is 3.78. The Balaban J connectivity index is 1.46. The van der Waals surface area contributed by atoms with Crippen LogP contribution in [0.2, 0.25) is 0 Å². The molecule has 2 heterocycles. The fourth-order valence-corrected chi connectivity index (χ4v) is 3.78. The van der Waals surface area contributed by atoms with E-state index in [9.17, 15) is 4.79 Å². The van der Waals surface area contributed by atoms with Gasteiger partial charge in [-0.2, -0.15) is 5.10 Å². The average molecular weight is 338 g/mol. The average Bonchev–Trinajstić information content (AvgIpc) is 3.29. The minimum absolute atomic E-state index is 0.00831. The third-order valence-corrected chi connectivity index (χ3v) is 5.33. The van der Waals surface area contributed by atoms with Crippen LogP contribution in [0.5, 0.6) is 0 Å². The Morgan fingerprint density at radius 3 is 2.72 bits per heavy atom. The van der Waals surface area contributed by atoms with E-state index in [1.807, 2.05) is 35.9 Å². The molecule has 132 valence electrons. The zero-order chi connectivity index (χ0) is 17.4. The molecule has 1 amide bonds. The standard InChI is InChI=1S/C20H26N4O/c1-14-11-23(17-8-9-17)13-18(14)21-20(25)19-10-15(2)22-24(19)12-16-6-4-3-5-7-16/h3-7,10,14,17-18H,8-9,11-13H2,1-2H3,(H,21,25)/t14-,18-/m1/s1. The van der Waals surface area contributed by atoms with Gasteiger partial charge in [-0.05, 0) is 37.3 Å². The molecule has 4 rings (SSSR count). The van der Waals surface area contributed by atoms with Crippen molar-refractivity contribution in [2.24, 2.45) is 5.92 Å². The molecule has 2 atom stereocenters. The lowest BCUT2D eigenvalue weighted by Gasteiger charge is -2.17. The molecule has 0 spiro atoms. The topological polar surface area (TPSA) is 50.2 Å². The first-order chi connectivity index (χ1) is 12.1. The summed E-state index contributed by atoms with van der Waals surface area (Å²) in [6.45, 7) is 6.86. The molecule has 5 nitrogen and oxygen atoms in total. The lowest BCUT2D eigenvalue weighted by atomic mass is 10.1. The van der Waals surface area contributed by atoms with Gasteiger partial charge in [0.15, 0.2) is 0 Å². The number of benzene rings is 1. The van der Waals surface area contributed by atoms with Crippen LogP contribution in [0.15, 0.2) is 36.4 Å². The van der Waals surface area contributed by atoms with Crippen LogP contribution in [-0.4, -0.2) is 45.8 Å². The number of rotatable bonds is 5. The molecule has 1 saturated carbocycles. The summed E-state index contributed by atoms with van der Waals surface area (Å²) in [7, 11) is 0. The van der Waals surface area contributed by atoms with E-state index in [1.54, 1.807) is 0 Å². The molecule has 2 fully saturated rings. The lowest BCUT2D eigenvalue weighted by Crippen LogP contribution is -2.40. The first kappa shape index (κ1) is 16.3. The quantitative estimate of drug-likeness (QED) is 0.911. The Bertz CT molecular complexity index is 750. The highest BCUT2D eigenvalue weighted by Gasteiger charge is 2.38. The normalized spacial score (nSPS) is 23.8. The molecule has 1 aliphatic carbocycles. The molecule has 5 heteroatoms. The van der Waals surface area contributed by atoms with E-state index < -0.39 is 0 Å². The predicted octanol–water partition coefficient (Wildman–Crippen LogP) is 2.45. The molecule has 2 aliphatic rings. The van der Waals surface area contributed by atoms with Gasteiger partial charge >= 0.3 is 0 Å². The lowest BCUT2D eigenvalue weighted by molar-refractivity contribution is 0.0921. The van der Waals surface area contributed by atoms with Crippen molar-refractivity contribution in [1.29, 1.82) is 0 Å². The number of carbonyl (C=O) groups is 1. The second-order valence-electron chi connectivity index (χ2n) is 7.56. The SMILES string of the molecule is Cc1cc(C(=O)N[C@@H]2CN(C3CC3)C[C@H]2C)n(Cc2ccccc2)n1. The van der Waals surface area contributed by atoms with Gasteiger partial charge in [0.1, 0.15) is 5.69 Å². The van der Waals surface area contributed by atoms with Gasteiger partial charge in [0.05, 0.1) is 12.2 Å². The van der Waals surface area contributed by atoms with E-state index >= 15 is 0 Å². The summed E-state index contributed by atoms with van der Waals surface area (Å²) in [4.78, 5) is 15.4. The van der Waals surface area contributed by atoms with Crippen LogP contribution in [0, 0.1) is 12.8 Å². The van der Waals surface area contributed by atoms with Crippen molar-refractivity contribution in [1.82, 2.24) is 20.0 Å². The number of nitrogens with zero attached hydrogens (tertiary/aromatic N) is 3. The Morgan fingerprint density at radius 1 is 1.24 bits per heavy atom. The van der Waals surface area contributed by atoms with Gasteiger partial charge in [0, 0.05) is 25.2 Å². The molecular formula is C20H26N4O. The van der Waals surface area contributed by atoms with Crippen LogP contribution in [0.1, 0.15) is 41.5 Å². The van der Waals surface area contributed by atoms with Gasteiger partial charge in [-0.25, -0.2) is 0 Å². The van der Waals surface area contributed by atoms with Crippen LogP contribution >= 0.6 is 0 Å². The smallest absolute Gasteiger partial charge is 0.269 e. The molecule has 1 N–H and O–H groups in total. The van der Waals surface area contributed by atoms with E-state index in [4.69, 9.17) is 0 Å². The third-order valence-electron chi connectivity index (χ3n) is 5.33. The summed E-state index contributed by atoms with van der Waals surface area (Å²) in [6, 6.07) is 13.0. The highest BCUT2D eigenvalue weighted by Crippen LogP contribution is 2.31. The highest BCUT2D eigenvalue weighted by molar-refractivity contribution is 5.93. The molecule has 1 aromatic carbocycles. The van der Waals surface area contributed by atoms with Crippen molar-refractivity contribution in [3.05, 3.63) is 53.3 Å². The second kappa shape index (κ2) is 6.64. The fraction of sp³-hybridized carbons (Fsp3) is 0.500.